The van der Waals surface area contributed by atoms with Crippen LogP contribution in [0.4, 0.5) is 5.69 Å². The quantitative estimate of drug-likeness (QED) is 0.722. The second-order valence-corrected chi connectivity index (χ2v) is 6.78. The number of carbonyl (C=O) groups excluding carboxylic acids is 1. The minimum Gasteiger partial charge on any atom is -0.381 e. The molecule has 0 fully saturated rings. The highest BCUT2D eigenvalue weighted by Crippen LogP contribution is 2.40. The molecule has 0 saturated carbocycles. The van der Waals surface area contributed by atoms with Crippen LogP contribution in [0.3, 0.4) is 0 Å². The number of aryl methyl sites for hydroxylation is 1. The first-order chi connectivity index (χ1) is 10.7. The largest absolute Gasteiger partial charge is 0.381 e. The van der Waals surface area contributed by atoms with Crippen molar-refractivity contribution in [3.05, 3.63) is 34.8 Å². The Hall–Kier alpha value is -2.14. The van der Waals surface area contributed by atoms with Gasteiger partial charge in [-0.1, -0.05) is 13.0 Å². The number of benzene rings is 1. The molecule has 2 aromatic heterocycles. The molecule has 3 aromatic rings. The monoisotopic (exact) mass is 311 g/mol. The lowest BCUT2D eigenvalue weighted by molar-refractivity contribution is 0.0949. The average Bonchev–Trinajstić information content (AvgIpc) is 2.85. The summed E-state index contributed by atoms with van der Waals surface area (Å²) in [4.78, 5) is 17.8. The summed E-state index contributed by atoms with van der Waals surface area (Å²) in [5.41, 5.74) is 3.04. The maximum atomic E-state index is 12.4. The first kappa shape index (κ1) is 13.5. The fourth-order valence-corrected chi connectivity index (χ4v) is 4.06. The number of anilines is 1. The lowest BCUT2D eigenvalue weighted by Crippen LogP contribution is -2.34. The summed E-state index contributed by atoms with van der Waals surface area (Å²) >= 11 is 1.55. The standard InChI is InChI=1S/C17H17N3OS/c1-3-10-4-5-11-12(20-10)6-7-13-14(11)15-16(22-13)17(21)19-9(2)8-18-15/h4-7,9,18H,3,8H2,1-2H3,(H,19,21)/t9-/m0/s1. The molecule has 112 valence electrons. The van der Waals surface area contributed by atoms with Crippen LogP contribution in [-0.2, 0) is 6.42 Å². The van der Waals surface area contributed by atoms with Gasteiger partial charge in [-0.05, 0) is 31.5 Å². The van der Waals surface area contributed by atoms with Crippen molar-refractivity contribution >= 4 is 43.9 Å². The molecule has 3 heterocycles. The zero-order valence-corrected chi connectivity index (χ0v) is 13.4. The fraction of sp³-hybridized carbons (Fsp3) is 0.294. The van der Waals surface area contributed by atoms with Gasteiger partial charge in [0.25, 0.3) is 5.91 Å². The predicted molar refractivity (Wildman–Crippen MR) is 91.9 cm³/mol. The van der Waals surface area contributed by atoms with E-state index in [1.807, 2.05) is 13.0 Å². The summed E-state index contributed by atoms with van der Waals surface area (Å²) in [6.45, 7) is 4.86. The Morgan fingerprint density at radius 3 is 3.00 bits per heavy atom. The van der Waals surface area contributed by atoms with E-state index in [2.05, 4.69) is 35.8 Å². The summed E-state index contributed by atoms with van der Waals surface area (Å²) in [7, 11) is 0. The SMILES string of the molecule is CCc1ccc2c(ccc3sc4c(c32)NC[C@H](C)NC4=O)n1. The van der Waals surface area contributed by atoms with Gasteiger partial charge in [0.2, 0.25) is 0 Å². The molecule has 1 aliphatic rings. The number of aromatic nitrogens is 1. The normalized spacial score (nSPS) is 17.9. The van der Waals surface area contributed by atoms with Crippen molar-refractivity contribution in [2.24, 2.45) is 0 Å². The smallest absolute Gasteiger partial charge is 0.263 e. The number of hydrogen-bond acceptors (Lipinski definition) is 4. The highest BCUT2D eigenvalue weighted by molar-refractivity contribution is 7.21. The summed E-state index contributed by atoms with van der Waals surface area (Å²) in [6.07, 6.45) is 0.924. The molecular weight excluding hydrogens is 294 g/mol. The van der Waals surface area contributed by atoms with Crippen molar-refractivity contribution in [2.75, 3.05) is 11.9 Å². The number of fused-ring (bicyclic) bond motifs is 5. The third-order valence-corrected chi connectivity index (χ3v) is 5.26. The van der Waals surface area contributed by atoms with Gasteiger partial charge in [0.05, 0.1) is 11.2 Å². The molecule has 4 rings (SSSR count). The summed E-state index contributed by atoms with van der Waals surface area (Å²) in [5, 5.41) is 8.70. The molecule has 0 bridgehead atoms. The molecule has 2 N–H and O–H groups in total. The van der Waals surface area contributed by atoms with E-state index >= 15 is 0 Å². The Bertz CT molecular complexity index is 900. The Balaban J connectivity index is 2.03. The number of hydrogen-bond donors (Lipinski definition) is 2. The van der Waals surface area contributed by atoms with E-state index in [0.717, 1.165) is 50.2 Å². The minimum atomic E-state index is 0.0139. The van der Waals surface area contributed by atoms with Crippen molar-refractivity contribution in [3.8, 4) is 0 Å². The van der Waals surface area contributed by atoms with Crippen LogP contribution in [0.2, 0.25) is 0 Å². The van der Waals surface area contributed by atoms with Crippen LogP contribution < -0.4 is 10.6 Å². The summed E-state index contributed by atoms with van der Waals surface area (Å²) in [6, 6.07) is 8.45. The predicted octanol–water partition coefficient (Wildman–Crippen LogP) is 3.56. The maximum Gasteiger partial charge on any atom is 0.263 e. The topological polar surface area (TPSA) is 54.0 Å². The third kappa shape index (κ3) is 1.96. The molecule has 22 heavy (non-hydrogen) atoms. The number of amides is 1. The molecule has 5 heteroatoms. The number of carbonyl (C=O) groups is 1. The van der Waals surface area contributed by atoms with Crippen molar-refractivity contribution in [2.45, 2.75) is 26.3 Å². The molecule has 1 amide bonds. The zero-order valence-electron chi connectivity index (χ0n) is 12.6. The number of rotatable bonds is 1. The second kappa shape index (κ2) is 4.95. The van der Waals surface area contributed by atoms with Crippen LogP contribution in [-0.4, -0.2) is 23.5 Å². The van der Waals surface area contributed by atoms with Crippen LogP contribution >= 0.6 is 11.3 Å². The number of pyridine rings is 1. The Morgan fingerprint density at radius 1 is 1.32 bits per heavy atom. The van der Waals surface area contributed by atoms with Gasteiger partial charge in [-0.2, -0.15) is 0 Å². The van der Waals surface area contributed by atoms with Crippen molar-refractivity contribution in [1.82, 2.24) is 10.3 Å². The number of nitrogens with one attached hydrogen (secondary N) is 2. The van der Waals surface area contributed by atoms with Crippen molar-refractivity contribution in [1.29, 1.82) is 0 Å². The van der Waals surface area contributed by atoms with Gasteiger partial charge < -0.3 is 10.6 Å². The highest BCUT2D eigenvalue weighted by Gasteiger charge is 2.24. The van der Waals surface area contributed by atoms with Crippen molar-refractivity contribution < 1.29 is 4.79 Å². The molecule has 1 aromatic carbocycles. The van der Waals surface area contributed by atoms with Gasteiger partial charge in [0.1, 0.15) is 4.88 Å². The lowest BCUT2D eigenvalue weighted by atomic mass is 10.1. The fourth-order valence-electron chi connectivity index (χ4n) is 2.96. The van der Waals surface area contributed by atoms with Gasteiger partial charge >= 0.3 is 0 Å². The first-order valence-electron chi connectivity index (χ1n) is 7.57. The molecule has 0 spiro atoms. The Labute approximate surface area is 132 Å². The lowest BCUT2D eigenvalue weighted by Gasteiger charge is -2.10. The van der Waals surface area contributed by atoms with E-state index in [0.29, 0.717) is 0 Å². The Morgan fingerprint density at radius 2 is 2.18 bits per heavy atom. The second-order valence-electron chi connectivity index (χ2n) is 5.72. The van der Waals surface area contributed by atoms with E-state index in [-0.39, 0.29) is 11.9 Å². The van der Waals surface area contributed by atoms with E-state index in [4.69, 9.17) is 4.98 Å². The first-order valence-corrected chi connectivity index (χ1v) is 8.39. The molecule has 4 nitrogen and oxygen atoms in total. The van der Waals surface area contributed by atoms with Gasteiger partial charge in [0, 0.05) is 33.8 Å². The molecule has 0 radical (unpaired) electrons. The third-order valence-electron chi connectivity index (χ3n) is 4.11. The Kier molecular flexibility index (Phi) is 3.04. The molecule has 1 atom stereocenters. The highest BCUT2D eigenvalue weighted by atomic mass is 32.1. The number of thiophene rings is 1. The van der Waals surface area contributed by atoms with Gasteiger partial charge in [0.15, 0.2) is 0 Å². The van der Waals surface area contributed by atoms with E-state index < -0.39 is 0 Å². The number of nitrogens with zero attached hydrogens (tertiary/aromatic N) is 1. The van der Waals surface area contributed by atoms with Crippen LogP contribution in [0, 0.1) is 0 Å². The molecule has 0 unspecified atom stereocenters. The maximum absolute atomic E-state index is 12.4. The van der Waals surface area contributed by atoms with E-state index in [1.54, 1.807) is 11.3 Å². The van der Waals surface area contributed by atoms with Crippen LogP contribution in [0.5, 0.6) is 0 Å². The van der Waals surface area contributed by atoms with Crippen LogP contribution in [0.25, 0.3) is 21.0 Å². The molecule has 0 aliphatic carbocycles. The van der Waals surface area contributed by atoms with Crippen LogP contribution in [0.1, 0.15) is 29.2 Å². The summed E-state index contributed by atoms with van der Waals surface area (Å²) < 4.78 is 1.13. The molecule has 1 aliphatic heterocycles. The van der Waals surface area contributed by atoms with Crippen molar-refractivity contribution in [3.63, 3.8) is 0 Å². The summed E-state index contributed by atoms with van der Waals surface area (Å²) in [5.74, 6) is 0.0139. The average molecular weight is 311 g/mol. The van der Waals surface area contributed by atoms with E-state index in [9.17, 15) is 4.79 Å². The minimum absolute atomic E-state index is 0.0139. The van der Waals surface area contributed by atoms with Crippen LogP contribution in [0.15, 0.2) is 24.3 Å². The molecular formula is C17H17N3OS. The zero-order chi connectivity index (χ0) is 15.3. The molecule has 0 saturated heterocycles. The van der Waals surface area contributed by atoms with Gasteiger partial charge in [-0.25, -0.2) is 0 Å². The van der Waals surface area contributed by atoms with E-state index in [1.165, 1.54) is 0 Å². The van der Waals surface area contributed by atoms with Gasteiger partial charge in [-0.15, -0.1) is 11.3 Å². The van der Waals surface area contributed by atoms with Gasteiger partial charge in [-0.3, -0.25) is 9.78 Å².